The average molecular weight is 311 g/mol. The third-order valence-electron chi connectivity index (χ3n) is 3.42. The van der Waals surface area contributed by atoms with Crippen LogP contribution in [0.15, 0.2) is 47.8 Å². The van der Waals surface area contributed by atoms with Crippen molar-refractivity contribution in [3.05, 3.63) is 53.4 Å². The molecule has 0 amide bonds. The molecule has 22 heavy (non-hydrogen) atoms. The molecule has 0 unspecified atom stereocenters. The maximum atomic E-state index is 5.95. The Morgan fingerprint density at radius 1 is 1.18 bits per heavy atom. The summed E-state index contributed by atoms with van der Waals surface area (Å²) in [5.74, 6) is 0.678. The van der Waals surface area contributed by atoms with Crippen molar-refractivity contribution in [3.63, 3.8) is 0 Å². The number of thiazole rings is 1. The second-order valence-corrected chi connectivity index (χ2v) is 5.79. The number of hydrogen-bond acceptors (Lipinski definition) is 5. The smallest absolute Gasteiger partial charge is 0.187 e. The van der Waals surface area contributed by atoms with Crippen molar-refractivity contribution in [1.82, 2.24) is 4.98 Å². The van der Waals surface area contributed by atoms with Crippen LogP contribution in [0.25, 0.3) is 11.3 Å². The zero-order chi connectivity index (χ0) is 15.5. The highest BCUT2D eigenvalue weighted by Gasteiger charge is 2.08. The summed E-state index contributed by atoms with van der Waals surface area (Å²) in [6.07, 6.45) is 0. The Hall–Kier alpha value is -2.53. The molecule has 1 heterocycles. The number of nitrogen functional groups attached to an aromatic ring is 1. The number of para-hydroxylation sites is 1. The minimum Gasteiger partial charge on any atom is -0.495 e. The number of nitrogens with two attached hydrogens (primary N) is 1. The van der Waals surface area contributed by atoms with Gasteiger partial charge in [-0.1, -0.05) is 18.2 Å². The number of aromatic nitrogens is 1. The van der Waals surface area contributed by atoms with Crippen molar-refractivity contribution >= 4 is 27.8 Å². The predicted octanol–water partition coefficient (Wildman–Crippen LogP) is 4.45. The fourth-order valence-electron chi connectivity index (χ4n) is 2.19. The van der Waals surface area contributed by atoms with Gasteiger partial charge in [-0.3, -0.25) is 0 Å². The highest BCUT2D eigenvalue weighted by Crippen LogP contribution is 2.31. The van der Waals surface area contributed by atoms with E-state index < -0.39 is 0 Å². The van der Waals surface area contributed by atoms with E-state index in [2.05, 4.69) is 23.3 Å². The lowest BCUT2D eigenvalue weighted by molar-refractivity contribution is 0.417. The molecule has 5 heteroatoms. The van der Waals surface area contributed by atoms with Gasteiger partial charge in [0.2, 0.25) is 0 Å². The topological polar surface area (TPSA) is 60.2 Å². The Morgan fingerprint density at radius 2 is 2.00 bits per heavy atom. The monoisotopic (exact) mass is 311 g/mol. The van der Waals surface area contributed by atoms with Crippen molar-refractivity contribution in [2.45, 2.75) is 6.92 Å². The van der Waals surface area contributed by atoms with Crippen LogP contribution in [0.5, 0.6) is 5.75 Å². The van der Waals surface area contributed by atoms with E-state index in [1.807, 2.05) is 41.8 Å². The van der Waals surface area contributed by atoms with Gasteiger partial charge in [0.25, 0.3) is 0 Å². The van der Waals surface area contributed by atoms with Gasteiger partial charge >= 0.3 is 0 Å². The molecule has 0 fully saturated rings. The lowest BCUT2D eigenvalue weighted by atomic mass is 10.1. The van der Waals surface area contributed by atoms with Crippen LogP contribution in [-0.2, 0) is 0 Å². The van der Waals surface area contributed by atoms with Crippen LogP contribution in [0.3, 0.4) is 0 Å². The molecule has 0 radical (unpaired) electrons. The van der Waals surface area contributed by atoms with E-state index >= 15 is 0 Å². The standard InChI is InChI=1S/C17H17N3OS/c1-11-5-3-4-6-14(11)19-17-20-15(10-22-17)12-7-8-16(21-2)13(18)9-12/h3-10H,18H2,1-2H3,(H,19,20). The number of methoxy groups -OCH3 is 1. The van der Waals surface area contributed by atoms with Gasteiger partial charge < -0.3 is 15.8 Å². The summed E-state index contributed by atoms with van der Waals surface area (Å²) in [6, 6.07) is 13.8. The molecule has 0 saturated heterocycles. The Morgan fingerprint density at radius 3 is 2.73 bits per heavy atom. The summed E-state index contributed by atoms with van der Waals surface area (Å²) in [6.45, 7) is 2.07. The van der Waals surface area contributed by atoms with Crippen molar-refractivity contribution in [2.75, 3.05) is 18.2 Å². The summed E-state index contributed by atoms with van der Waals surface area (Å²) in [7, 11) is 1.61. The van der Waals surface area contributed by atoms with E-state index in [-0.39, 0.29) is 0 Å². The third-order valence-corrected chi connectivity index (χ3v) is 4.17. The Kier molecular flexibility index (Phi) is 3.98. The summed E-state index contributed by atoms with van der Waals surface area (Å²) in [5.41, 5.74) is 10.7. The molecule has 0 aliphatic heterocycles. The summed E-state index contributed by atoms with van der Waals surface area (Å²) < 4.78 is 5.18. The minimum atomic E-state index is 0.612. The quantitative estimate of drug-likeness (QED) is 0.699. The SMILES string of the molecule is COc1ccc(-c2csc(Nc3ccccc3C)n2)cc1N. The molecule has 0 saturated carbocycles. The lowest BCUT2D eigenvalue weighted by Crippen LogP contribution is -1.93. The van der Waals surface area contributed by atoms with Gasteiger partial charge in [-0.25, -0.2) is 4.98 Å². The van der Waals surface area contributed by atoms with E-state index in [1.165, 1.54) is 5.56 Å². The molecule has 3 aromatic rings. The number of nitrogens with one attached hydrogen (secondary N) is 1. The molecule has 0 bridgehead atoms. The van der Waals surface area contributed by atoms with Crippen LogP contribution in [-0.4, -0.2) is 12.1 Å². The first kappa shape index (κ1) is 14.4. The minimum absolute atomic E-state index is 0.612. The van der Waals surface area contributed by atoms with Crippen molar-refractivity contribution in [3.8, 4) is 17.0 Å². The van der Waals surface area contributed by atoms with Gasteiger partial charge in [-0.2, -0.15) is 0 Å². The van der Waals surface area contributed by atoms with Crippen LogP contribution in [0, 0.1) is 6.92 Å². The molecule has 0 aliphatic carbocycles. The van der Waals surface area contributed by atoms with Gasteiger partial charge in [-0.05, 0) is 36.8 Å². The molecule has 0 atom stereocenters. The molecule has 1 aromatic heterocycles. The maximum Gasteiger partial charge on any atom is 0.187 e. The first-order valence-electron chi connectivity index (χ1n) is 6.89. The van der Waals surface area contributed by atoms with Gasteiger partial charge in [0.15, 0.2) is 5.13 Å². The van der Waals surface area contributed by atoms with Gasteiger partial charge in [0.1, 0.15) is 5.75 Å². The van der Waals surface area contributed by atoms with Crippen LogP contribution in [0.4, 0.5) is 16.5 Å². The Bertz CT molecular complexity index is 798. The fourth-order valence-corrected chi connectivity index (χ4v) is 2.92. The summed E-state index contributed by atoms with van der Waals surface area (Å²) >= 11 is 1.57. The largest absolute Gasteiger partial charge is 0.495 e. The molecule has 3 N–H and O–H groups in total. The highest BCUT2D eigenvalue weighted by molar-refractivity contribution is 7.14. The van der Waals surface area contributed by atoms with Crippen LogP contribution in [0.1, 0.15) is 5.56 Å². The summed E-state index contributed by atoms with van der Waals surface area (Å²) in [4.78, 5) is 4.62. The first-order valence-corrected chi connectivity index (χ1v) is 7.77. The molecule has 3 rings (SSSR count). The summed E-state index contributed by atoms with van der Waals surface area (Å²) in [5, 5.41) is 6.23. The van der Waals surface area contributed by atoms with E-state index in [4.69, 9.17) is 10.5 Å². The molecule has 0 spiro atoms. The second-order valence-electron chi connectivity index (χ2n) is 4.93. The van der Waals surface area contributed by atoms with E-state index in [9.17, 15) is 0 Å². The van der Waals surface area contributed by atoms with E-state index in [1.54, 1.807) is 18.4 Å². The molecule has 112 valence electrons. The average Bonchev–Trinajstić information content (AvgIpc) is 2.98. The number of rotatable bonds is 4. The normalized spacial score (nSPS) is 10.5. The lowest BCUT2D eigenvalue weighted by Gasteiger charge is -2.06. The number of anilines is 3. The zero-order valence-electron chi connectivity index (χ0n) is 12.5. The van der Waals surface area contributed by atoms with Gasteiger partial charge in [0, 0.05) is 16.6 Å². The fraction of sp³-hybridized carbons (Fsp3) is 0.118. The molecule has 0 aliphatic rings. The maximum absolute atomic E-state index is 5.95. The number of aryl methyl sites for hydroxylation is 1. The zero-order valence-corrected chi connectivity index (χ0v) is 13.3. The Balaban J connectivity index is 1.85. The van der Waals surface area contributed by atoms with Crippen LogP contribution < -0.4 is 15.8 Å². The van der Waals surface area contributed by atoms with Crippen LogP contribution in [0.2, 0.25) is 0 Å². The number of ether oxygens (including phenoxy) is 1. The van der Waals surface area contributed by atoms with Crippen molar-refractivity contribution in [2.24, 2.45) is 0 Å². The molecule has 2 aromatic carbocycles. The van der Waals surface area contributed by atoms with Gasteiger partial charge in [-0.15, -0.1) is 11.3 Å². The van der Waals surface area contributed by atoms with Gasteiger partial charge in [0.05, 0.1) is 18.5 Å². The number of benzene rings is 2. The van der Waals surface area contributed by atoms with Crippen molar-refractivity contribution < 1.29 is 4.74 Å². The van der Waals surface area contributed by atoms with E-state index in [0.29, 0.717) is 11.4 Å². The Labute approximate surface area is 133 Å². The molecular weight excluding hydrogens is 294 g/mol. The first-order chi connectivity index (χ1) is 10.7. The number of hydrogen-bond donors (Lipinski definition) is 2. The highest BCUT2D eigenvalue weighted by atomic mass is 32.1. The van der Waals surface area contributed by atoms with Crippen LogP contribution >= 0.6 is 11.3 Å². The predicted molar refractivity (Wildman–Crippen MR) is 93.0 cm³/mol. The third kappa shape index (κ3) is 2.89. The van der Waals surface area contributed by atoms with Crippen molar-refractivity contribution in [1.29, 1.82) is 0 Å². The molecule has 4 nitrogen and oxygen atoms in total. The molecular formula is C17H17N3OS. The number of nitrogens with zero attached hydrogens (tertiary/aromatic N) is 1. The second kappa shape index (κ2) is 6.07. The van der Waals surface area contributed by atoms with E-state index in [0.717, 1.165) is 22.1 Å².